The van der Waals surface area contributed by atoms with Crippen molar-refractivity contribution in [1.82, 2.24) is 4.98 Å². The van der Waals surface area contributed by atoms with E-state index in [1.807, 2.05) is 30.3 Å². The van der Waals surface area contributed by atoms with E-state index in [9.17, 15) is 0 Å². The van der Waals surface area contributed by atoms with Gasteiger partial charge in [0.1, 0.15) is 0 Å². The Kier molecular flexibility index (Phi) is 3.51. The highest BCUT2D eigenvalue weighted by Gasteiger charge is 1.97. The van der Waals surface area contributed by atoms with Crippen molar-refractivity contribution in [3.05, 3.63) is 78.6 Å². The van der Waals surface area contributed by atoms with Crippen LogP contribution in [-0.2, 0) is 0 Å². The second kappa shape index (κ2) is 5.26. The summed E-state index contributed by atoms with van der Waals surface area (Å²) in [7, 11) is 0. The largest absolute Gasteiger partial charge is 0.265 e. The van der Waals surface area contributed by atoms with Crippen LogP contribution in [0, 0.1) is 0 Å². The fourth-order valence-corrected chi connectivity index (χ4v) is 1.70. The molecule has 1 aromatic heterocycles. The number of rotatable bonds is 3. The zero-order valence-electron chi connectivity index (χ0n) is 9.93. The molecule has 0 fully saturated rings. The third-order valence-corrected chi connectivity index (χ3v) is 2.67. The van der Waals surface area contributed by atoms with Gasteiger partial charge in [-0.3, -0.25) is 4.98 Å². The van der Waals surface area contributed by atoms with Gasteiger partial charge in [-0.25, -0.2) is 0 Å². The molecule has 1 heterocycles. The molecule has 0 aliphatic rings. The molecule has 0 saturated carbocycles. The maximum absolute atomic E-state index is 4.09. The number of allylic oxidation sites excluding steroid dienone is 3. The summed E-state index contributed by atoms with van der Waals surface area (Å²) in [6.45, 7) is 6.19. The lowest BCUT2D eigenvalue weighted by atomic mass is 10.0. The summed E-state index contributed by atoms with van der Waals surface area (Å²) in [5.74, 6) is 0. The zero-order valence-corrected chi connectivity index (χ0v) is 9.93. The summed E-state index contributed by atoms with van der Waals surface area (Å²) >= 11 is 0. The van der Waals surface area contributed by atoms with Crippen molar-refractivity contribution in [1.29, 1.82) is 0 Å². The predicted molar refractivity (Wildman–Crippen MR) is 73.4 cm³/mol. The lowest BCUT2D eigenvalue weighted by Crippen LogP contribution is -1.83. The Hall–Kier alpha value is -2.15. The molecule has 0 spiro atoms. The van der Waals surface area contributed by atoms with E-state index in [-0.39, 0.29) is 0 Å². The highest BCUT2D eigenvalue weighted by Crippen LogP contribution is 2.20. The number of hydrogen-bond acceptors (Lipinski definition) is 1. The fraction of sp³-hybridized carbons (Fsp3) is 0.0625. The van der Waals surface area contributed by atoms with Crippen LogP contribution in [0.25, 0.3) is 11.1 Å². The highest BCUT2D eigenvalue weighted by atomic mass is 14.6. The first-order chi connectivity index (χ1) is 8.27. The summed E-state index contributed by atoms with van der Waals surface area (Å²) in [6.07, 6.45) is 5.67. The van der Waals surface area contributed by atoms with Gasteiger partial charge in [-0.2, -0.15) is 0 Å². The Morgan fingerprint density at radius 1 is 1.00 bits per heavy atom. The van der Waals surface area contributed by atoms with Crippen LogP contribution in [0.2, 0.25) is 0 Å². The van der Waals surface area contributed by atoms with Gasteiger partial charge in [-0.05, 0) is 41.3 Å². The molecule has 0 aliphatic heterocycles. The normalized spacial score (nSPS) is 11.2. The maximum Gasteiger partial charge on any atom is 0.0273 e. The summed E-state index contributed by atoms with van der Waals surface area (Å²) in [4.78, 5) is 4.00. The first kappa shape index (κ1) is 11.3. The van der Waals surface area contributed by atoms with E-state index in [0.29, 0.717) is 0 Å². The van der Waals surface area contributed by atoms with Gasteiger partial charge in [0.2, 0.25) is 0 Å². The molecule has 2 aromatic rings. The van der Waals surface area contributed by atoms with Crippen molar-refractivity contribution in [2.45, 2.75) is 6.92 Å². The van der Waals surface area contributed by atoms with E-state index in [0.717, 1.165) is 11.1 Å². The van der Waals surface area contributed by atoms with Crippen LogP contribution in [0.15, 0.2) is 67.5 Å². The predicted octanol–water partition coefficient (Wildman–Crippen LogP) is 4.20. The Bertz CT molecular complexity index is 524. The van der Waals surface area contributed by atoms with Crippen LogP contribution >= 0.6 is 0 Å². The van der Waals surface area contributed by atoms with Gasteiger partial charge >= 0.3 is 0 Å². The van der Waals surface area contributed by atoms with Gasteiger partial charge in [-0.1, -0.05) is 43.0 Å². The van der Waals surface area contributed by atoms with Gasteiger partial charge in [0.05, 0.1) is 0 Å². The highest BCUT2D eigenvalue weighted by molar-refractivity contribution is 5.81. The van der Waals surface area contributed by atoms with Crippen molar-refractivity contribution >= 4 is 11.1 Å². The second-order valence-corrected chi connectivity index (χ2v) is 3.95. The molecule has 0 aliphatic carbocycles. The van der Waals surface area contributed by atoms with Gasteiger partial charge in [0.15, 0.2) is 0 Å². The average Bonchev–Trinajstić information content (AvgIpc) is 2.40. The molecule has 1 nitrogen and oxygen atoms in total. The summed E-state index contributed by atoms with van der Waals surface area (Å²) < 4.78 is 0. The SMILES string of the molecule is C=C(C=C(C)c1ccccc1)c1ccncc1. The number of aromatic nitrogens is 1. The first-order valence-corrected chi connectivity index (χ1v) is 5.60. The van der Waals surface area contributed by atoms with Crippen molar-refractivity contribution < 1.29 is 0 Å². The monoisotopic (exact) mass is 221 g/mol. The van der Waals surface area contributed by atoms with E-state index >= 15 is 0 Å². The van der Waals surface area contributed by atoms with Gasteiger partial charge in [0, 0.05) is 12.4 Å². The second-order valence-electron chi connectivity index (χ2n) is 3.95. The lowest BCUT2D eigenvalue weighted by molar-refractivity contribution is 1.32. The van der Waals surface area contributed by atoms with E-state index in [1.54, 1.807) is 12.4 Å². The van der Waals surface area contributed by atoms with E-state index in [4.69, 9.17) is 0 Å². The Balaban J connectivity index is 2.24. The van der Waals surface area contributed by atoms with Crippen molar-refractivity contribution in [3.8, 4) is 0 Å². The topological polar surface area (TPSA) is 12.9 Å². The molecule has 1 aromatic carbocycles. The minimum atomic E-state index is 1.01. The van der Waals surface area contributed by atoms with Gasteiger partial charge in [-0.15, -0.1) is 0 Å². The van der Waals surface area contributed by atoms with Crippen molar-refractivity contribution in [2.24, 2.45) is 0 Å². The zero-order chi connectivity index (χ0) is 12.1. The molecule has 17 heavy (non-hydrogen) atoms. The molecule has 1 heteroatoms. The molecule has 0 atom stereocenters. The Morgan fingerprint density at radius 3 is 2.29 bits per heavy atom. The number of benzene rings is 1. The third-order valence-electron chi connectivity index (χ3n) is 2.67. The number of hydrogen-bond donors (Lipinski definition) is 0. The van der Waals surface area contributed by atoms with Crippen LogP contribution < -0.4 is 0 Å². The quantitative estimate of drug-likeness (QED) is 0.708. The minimum Gasteiger partial charge on any atom is -0.265 e. The fourth-order valence-electron chi connectivity index (χ4n) is 1.70. The molecule has 0 unspecified atom stereocenters. The third kappa shape index (κ3) is 2.91. The molecule has 84 valence electrons. The minimum absolute atomic E-state index is 1.01. The van der Waals surface area contributed by atoms with E-state index < -0.39 is 0 Å². The standard InChI is InChI=1S/C16H15N/c1-13(15-6-4-3-5-7-15)12-14(2)16-8-10-17-11-9-16/h3-12H,2H2,1H3. The van der Waals surface area contributed by atoms with Gasteiger partial charge in [0.25, 0.3) is 0 Å². The Morgan fingerprint density at radius 2 is 1.65 bits per heavy atom. The molecule has 0 N–H and O–H groups in total. The molecule has 0 amide bonds. The summed E-state index contributed by atoms with van der Waals surface area (Å²) in [5.41, 5.74) is 4.55. The van der Waals surface area contributed by atoms with Crippen LogP contribution in [0.3, 0.4) is 0 Å². The average molecular weight is 221 g/mol. The van der Waals surface area contributed by atoms with Crippen LogP contribution in [-0.4, -0.2) is 4.98 Å². The van der Waals surface area contributed by atoms with Gasteiger partial charge < -0.3 is 0 Å². The molecular weight excluding hydrogens is 206 g/mol. The summed E-state index contributed by atoms with van der Waals surface area (Å²) in [5, 5.41) is 0. The summed E-state index contributed by atoms with van der Waals surface area (Å²) in [6, 6.07) is 14.3. The molecule has 2 rings (SSSR count). The number of pyridine rings is 1. The van der Waals surface area contributed by atoms with E-state index in [2.05, 4.69) is 36.7 Å². The first-order valence-electron chi connectivity index (χ1n) is 5.60. The number of nitrogens with zero attached hydrogens (tertiary/aromatic N) is 1. The van der Waals surface area contributed by atoms with Crippen LogP contribution in [0.4, 0.5) is 0 Å². The maximum atomic E-state index is 4.09. The van der Waals surface area contributed by atoms with Crippen molar-refractivity contribution in [3.63, 3.8) is 0 Å². The smallest absolute Gasteiger partial charge is 0.0273 e. The lowest BCUT2D eigenvalue weighted by Gasteiger charge is -2.04. The molecule has 0 saturated heterocycles. The molecular formula is C16H15N. The molecule has 0 radical (unpaired) electrons. The Labute approximate surface area is 102 Å². The molecule has 0 bridgehead atoms. The van der Waals surface area contributed by atoms with Crippen LogP contribution in [0.1, 0.15) is 18.1 Å². The van der Waals surface area contributed by atoms with Crippen LogP contribution in [0.5, 0.6) is 0 Å². The van der Waals surface area contributed by atoms with E-state index in [1.165, 1.54) is 11.1 Å². The van der Waals surface area contributed by atoms with Crippen molar-refractivity contribution in [2.75, 3.05) is 0 Å².